The number of nitrogens with zero attached hydrogens (tertiary/aromatic N) is 1. The number of nitrogens with two attached hydrogens (primary N) is 1. The number of hydrogen-bond donors (Lipinski definition) is 1. The van der Waals surface area contributed by atoms with Crippen molar-refractivity contribution in [1.29, 1.82) is 0 Å². The fourth-order valence-corrected chi connectivity index (χ4v) is 1.68. The van der Waals surface area contributed by atoms with E-state index in [4.69, 9.17) is 10.5 Å². The van der Waals surface area contributed by atoms with E-state index in [-0.39, 0.29) is 5.91 Å². The van der Waals surface area contributed by atoms with Gasteiger partial charge in [-0.15, -0.1) is 0 Å². The molecule has 1 aromatic rings. The van der Waals surface area contributed by atoms with Crippen molar-refractivity contribution >= 4 is 11.6 Å². The normalized spacial score (nSPS) is 17.6. The predicted octanol–water partition coefficient (Wildman–Crippen LogP) is 0.767. The third-order valence-corrected chi connectivity index (χ3v) is 2.80. The van der Waals surface area contributed by atoms with Crippen LogP contribution in [-0.4, -0.2) is 31.7 Å². The summed E-state index contributed by atoms with van der Waals surface area (Å²) in [6.45, 7) is 0.947. The van der Waals surface area contributed by atoms with E-state index >= 15 is 0 Å². The number of para-hydroxylation sites is 1. The maximum absolute atomic E-state index is 11.9. The second-order valence-electron chi connectivity index (χ2n) is 4.32. The number of ether oxygens (including phenoxy) is 1. The van der Waals surface area contributed by atoms with E-state index < -0.39 is 5.54 Å². The minimum atomic E-state index is -0.458. The third kappa shape index (κ3) is 2.23. The molecule has 0 unspecified atom stereocenters. The first-order valence-corrected chi connectivity index (χ1v) is 5.29. The molecular weight excluding hydrogens is 204 g/mol. The van der Waals surface area contributed by atoms with E-state index in [1.807, 2.05) is 30.3 Å². The van der Waals surface area contributed by atoms with Crippen LogP contribution in [0.5, 0.6) is 0 Å². The SMILES string of the molecule is CN(C(=O)CC1(N)COC1)c1ccccc1. The smallest absolute Gasteiger partial charge is 0.228 e. The molecule has 0 aromatic heterocycles. The topological polar surface area (TPSA) is 55.6 Å². The lowest BCUT2D eigenvalue weighted by Crippen LogP contribution is -2.59. The molecule has 1 aliphatic rings. The molecule has 0 bridgehead atoms. The second kappa shape index (κ2) is 4.23. The van der Waals surface area contributed by atoms with E-state index in [2.05, 4.69) is 0 Å². The Balaban J connectivity index is 1.99. The van der Waals surface area contributed by atoms with Crippen molar-refractivity contribution < 1.29 is 9.53 Å². The van der Waals surface area contributed by atoms with Crippen LogP contribution >= 0.6 is 0 Å². The van der Waals surface area contributed by atoms with Crippen LogP contribution < -0.4 is 10.6 Å². The van der Waals surface area contributed by atoms with Crippen molar-refractivity contribution in [3.63, 3.8) is 0 Å². The Hall–Kier alpha value is -1.39. The lowest BCUT2D eigenvalue weighted by molar-refractivity contribution is -0.125. The predicted molar refractivity (Wildman–Crippen MR) is 62.2 cm³/mol. The van der Waals surface area contributed by atoms with Gasteiger partial charge in [-0.2, -0.15) is 0 Å². The molecule has 1 fully saturated rings. The monoisotopic (exact) mass is 220 g/mol. The van der Waals surface area contributed by atoms with E-state index in [0.717, 1.165) is 5.69 Å². The van der Waals surface area contributed by atoms with Crippen molar-refractivity contribution in [2.45, 2.75) is 12.0 Å². The van der Waals surface area contributed by atoms with Crippen LogP contribution in [0.3, 0.4) is 0 Å². The number of hydrogen-bond acceptors (Lipinski definition) is 3. The summed E-state index contributed by atoms with van der Waals surface area (Å²) < 4.78 is 5.03. The lowest BCUT2D eigenvalue weighted by Gasteiger charge is -2.38. The van der Waals surface area contributed by atoms with Gasteiger partial charge in [0.05, 0.1) is 18.8 Å². The maximum atomic E-state index is 11.9. The summed E-state index contributed by atoms with van der Waals surface area (Å²) in [6, 6.07) is 9.54. The number of carbonyl (C=O) groups is 1. The van der Waals surface area contributed by atoms with Gasteiger partial charge >= 0.3 is 0 Å². The Bertz CT molecular complexity index is 374. The molecule has 1 heterocycles. The van der Waals surface area contributed by atoms with Crippen LogP contribution in [0.15, 0.2) is 30.3 Å². The Morgan fingerprint density at radius 2 is 2.06 bits per heavy atom. The van der Waals surface area contributed by atoms with Gasteiger partial charge in [-0.05, 0) is 12.1 Å². The highest BCUT2D eigenvalue weighted by atomic mass is 16.5. The zero-order valence-electron chi connectivity index (χ0n) is 9.35. The molecule has 2 rings (SSSR count). The zero-order valence-corrected chi connectivity index (χ0v) is 9.35. The minimum absolute atomic E-state index is 0.0250. The van der Waals surface area contributed by atoms with Gasteiger partial charge in [-0.1, -0.05) is 18.2 Å². The van der Waals surface area contributed by atoms with Crippen LogP contribution in [0.4, 0.5) is 5.69 Å². The summed E-state index contributed by atoms with van der Waals surface area (Å²) >= 11 is 0. The molecule has 1 saturated heterocycles. The van der Waals surface area contributed by atoms with Crippen LogP contribution in [-0.2, 0) is 9.53 Å². The highest BCUT2D eigenvalue weighted by Crippen LogP contribution is 2.20. The van der Waals surface area contributed by atoms with Gasteiger partial charge < -0.3 is 15.4 Å². The summed E-state index contributed by atoms with van der Waals surface area (Å²) in [6.07, 6.45) is 0.332. The minimum Gasteiger partial charge on any atom is -0.377 e. The third-order valence-electron chi connectivity index (χ3n) is 2.80. The molecule has 86 valence electrons. The van der Waals surface area contributed by atoms with Crippen molar-refractivity contribution in [3.8, 4) is 0 Å². The van der Waals surface area contributed by atoms with Gasteiger partial charge in [0.15, 0.2) is 0 Å². The largest absolute Gasteiger partial charge is 0.377 e. The number of amides is 1. The summed E-state index contributed by atoms with van der Waals surface area (Å²) in [4.78, 5) is 13.6. The average molecular weight is 220 g/mol. The standard InChI is InChI=1S/C12H16N2O2/c1-14(10-5-3-2-4-6-10)11(15)7-12(13)8-16-9-12/h2-6H,7-9,13H2,1H3. The Labute approximate surface area is 95.0 Å². The fraction of sp³-hybridized carbons (Fsp3) is 0.417. The Morgan fingerprint density at radius 1 is 1.44 bits per heavy atom. The molecule has 1 aromatic carbocycles. The van der Waals surface area contributed by atoms with E-state index in [9.17, 15) is 4.79 Å². The maximum Gasteiger partial charge on any atom is 0.228 e. The highest BCUT2D eigenvalue weighted by molar-refractivity contribution is 5.93. The van der Waals surface area contributed by atoms with Gasteiger partial charge in [0.25, 0.3) is 0 Å². The van der Waals surface area contributed by atoms with Crippen LogP contribution in [0, 0.1) is 0 Å². The van der Waals surface area contributed by atoms with Gasteiger partial charge in [-0.3, -0.25) is 4.79 Å². The summed E-state index contributed by atoms with van der Waals surface area (Å²) in [5, 5.41) is 0. The zero-order chi connectivity index (χ0) is 11.6. The first-order chi connectivity index (χ1) is 7.61. The van der Waals surface area contributed by atoms with E-state index in [1.54, 1.807) is 11.9 Å². The van der Waals surface area contributed by atoms with Crippen molar-refractivity contribution in [2.75, 3.05) is 25.2 Å². The van der Waals surface area contributed by atoms with E-state index in [1.165, 1.54) is 0 Å². The highest BCUT2D eigenvalue weighted by Gasteiger charge is 2.37. The van der Waals surface area contributed by atoms with Crippen molar-refractivity contribution in [2.24, 2.45) is 5.73 Å². The molecule has 0 atom stereocenters. The lowest BCUT2D eigenvalue weighted by atomic mass is 9.94. The number of rotatable bonds is 3. The molecule has 0 radical (unpaired) electrons. The molecule has 4 nitrogen and oxygen atoms in total. The van der Waals surface area contributed by atoms with Crippen LogP contribution in [0.2, 0.25) is 0 Å². The number of benzene rings is 1. The first-order valence-electron chi connectivity index (χ1n) is 5.29. The fourth-order valence-electron chi connectivity index (χ4n) is 1.68. The molecule has 0 saturated carbocycles. The van der Waals surface area contributed by atoms with Gasteiger partial charge in [0.1, 0.15) is 0 Å². The van der Waals surface area contributed by atoms with Gasteiger partial charge in [-0.25, -0.2) is 0 Å². The summed E-state index contributed by atoms with van der Waals surface area (Å²) in [5.74, 6) is 0.0250. The van der Waals surface area contributed by atoms with Crippen molar-refractivity contribution in [1.82, 2.24) is 0 Å². The molecule has 0 spiro atoms. The number of anilines is 1. The molecule has 2 N–H and O–H groups in total. The second-order valence-corrected chi connectivity index (χ2v) is 4.32. The Kier molecular flexibility index (Phi) is 2.94. The Morgan fingerprint density at radius 3 is 2.56 bits per heavy atom. The summed E-state index contributed by atoms with van der Waals surface area (Å²) in [5.41, 5.74) is 6.37. The first kappa shape index (κ1) is 11.1. The molecule has 1 amide bonds. The van der Waals surface area contributed by atoms with Gasteiger partial charge in [0, 0.05) is 19.2 Å². The molecule has 0 aliphatic carbocycles. The van der Waals surface area contributed by atoms with Crippen molar-refractivity contribution in [3.05, 3.63) is 30.3 Å². The quantitative estimate of drug-likeness (QED) is 0.818. The van der Waals surface area contributed by atoms with Crippen LogP contribution in [0.1, 0.15) is 6.42 Å². The number of carbonyl (C=O) groups excluding carboxylic acids is 1. The van der Waals surface area contributed by atoms with E-state index in [0.29, 0.717) is 19.6 Å². The molecule has 1 aliphatic heterocycles. The molecule has 16 heavy (non-hydrogen) atoms. The average Bonchev–Trinajstić information content (AvgIpc) is 2.27. The van der Waals surface area contributed by atoms with Gasteiger partial charge in [0.2, 0.25) is 5.91 Å². The van der Waals surface area contributed by atoms with Crippen LogP contribution in [0.25, 0.3) is 0 Å². The molecule has 4 heteroatoms. The molecular formula is C12H16N2O2. The summed E-state index contributed by atoms with van der Waals surface area (Å²) in [7, 11) is 1.76.